The van der Waals surface area contributed by atoms with Gasteiger partial charge in [0.15, 0.2) is 0 Å². The average molecular weight is 285 g/mol. The zero-order valence-electron chi connectivity index (χ0n) is 11.4. The summed E-state index contributed by atoms with van der Waals surface area (Å²) in [5.74, 6) is -0.227. The Bertz CT molecular complexity index is 447. The quantitative estimate of drug-likeness (QED) is 0.702. The van der Waals surface area contributed by atoms with Gasteiger partial charge in [-0.05, 0) is 36.5 Å². The van der Waals surface area contributed by atoms with Crippen LogP contribution in [-0.2, 0) is 0 Å². The number of halogens is 1. The Labute approximate surface area is 118 Å². The number of hydrogen-bond donors (Lipinski definition) is 3. The van der Waals surface area contributed by atoms with Crippen LogP contribution in [0.2, 0.25) is 5.02 Å². The normalized spacial score (nSPS) is 11.4. The second-order valence-corrected chi connectivity index (χ2v) is 5.82. The molecular weight excluding hydrogens is 264 g/mol. The second kappa shape index (κ2) is 6.78. The Morgan fingerprint density at radius 2 is 2.16 bits per heavy atom. The first-order valence-electron chi connectivity index (χ1n) is 6.30. The average Bonchev–Trinajstić information content (AvgIpc) is 2.36. The number of aliphatic hydroxyl groups is 1. The van der Waals surface area contributed by atoms with E-state index in [0.717, 1.165) is 12.8 Å². The zero-order valence-corrected chi connectivity index (χ0v) is 12.1. The van der Waals surface area contributed by atoms with Gasteiger partial charge in [-0.3, -0.25) is 4.79 Å². The summed E-state index contributed by atoms with van der Waals surface area (Å²) in [5, 5.41) is 12.1. The Hall–Kier alpha value is -1.26. The first kappa shape index (κ1) is 15.8. The number of nitrogens with two attached hydrogens (primary N) is 1. The summed E-state index contributed by atoms with van der Waals surface area (Å²) in [4.78, 5) is 12.0. The molecular formula is C14H21ClN2O2. The summed E-state index contributed by atoms with van der Waals surface area (Å²) >= 11 is 5.98. The number of benzene rings is 1. The SMILES string of the molecule is CC(C)(CCCO)CNC(=O)c1cc(N)ccc1Cl. The van der Waals surface area contributed by atoms with E-state index in [2.05, 4.69) is 5.32 Å². The lowest BCUT2D eigenvalue weighted by Gasteiger charge is -2.24. The van der Waals surface area contributed by atoms with Gasteiger partial charge in [0.25, 0.3) is 5.91 Å². The Morgan fingerprint density at radius 3 is 2.79 bits per heavy atom. The first-order chi connectivity index (χ1) is 8.85. The maximum atomic E-state index is 12.0. The van der Waals surface area contributed by atoms with Crippen LogP contribution < -0.4 is 11.1 Å². The highest BCUT2D eigenvalue weighted by atomic mass is 35.5. The lowest BCUT2D eigenvalue weighted by Crippen LogP contribution is -2.34. The maximum absolute atomic E-state index is 12.0. The molecule has 0 aliphatic rings. The summed E-state index contributed by atoms with van der Waals surface area (Å²) in [7, 11) is 0. The number of aliphatic hydroxyl groups excluding tert-OH is 1. The largest absolute Gasteiger partial charge is 0.399 e. The summed E-state index contributed by atoms with van der Waals surface area (Å²) in [6.45, 7) is 4.78. The van der Waals surface area contributed by atoms with Crippen LogP contribution in [0, 0.1) is 5.41 Å². The van der Waals surface area contributed by atoms with Crippen LogP contribution in [0.4, 0.5) is 5.69 Å². The topological polar surface area (TPSA) is 75.3 Å². The molecule has 0 aliphatic heterocycles. The third-order valence-corrected chi connectivity index (χ3v) is 3.30. The molecule has 0 saturated heterocycles. The fourth-order valence-electron chi connectivity index (χ4n) is 1.78. The van der Waals surface area contributed by atoms with E-state index in [-0.39, 0.29) is 17.9 Å². The van der Waals surface area contributed by atoms with Crippen molar-refractivity contribution in [3.63, 3.8) is 0 Å². The smallest absolute Gasteiger partial charge is 0.252 e. The highest BCUT2D eigenvalue weighted by molar-refractivity contribution is 6.34. The van der Waals surface area contributed by atoms with Gasteiger partial charge >= 0.3 is 0 Å². The molecule has 0 aliphatic carbocycles. The van der Waals surface area contributed by atoms with Crippen LogP contribution in [-0.4, -0.2) is 24.2 Å². The van der Waals surface area contributed by atoms with Crippen LogP contribution in [0.15, 0.2) is 18.2 Å². The molecule has 0 spiro atoms. The van der Waals surface area contributed by atoms with Gasteiger partial charge in [-0.2, -0.15) is 0 Å². The summed E-state index contributed by atoms with van der Waals surface area (Å²) in [5.41, 5.74) is 6.48. The van der Waals surface area contributed by atoms with E-state index in [0.29, 0.717) is 22.8 Å². The van der Waals surface area contributed by atoms with E-state index in [1.165, 1.54) is 0 Å². The van der Waals surface area contributed by atoms with Crippen molar-refractivity contribution in [3.05, 3.63) is 28.8 Å². The molecule has 0 atom stereocenters. The van der Waals surface area contributed by atoms with Crippen molar-refractivity contribution in [1.29, 1.82) is 0 Å². The van der Waals surface area contributed by atoms with Crippen molar-refractivity contribution in [2.45, 2.75) is 26.7 Å². The first-order valence-corrected chi connectivity index (χ1v) is 6.67. The molecule has 0 saturated carbocycles. The molecule has 0 radical (unpaired) electrons. The summed E-state index contributed by atoms with van der Waals surface area (Å²) in [6, 6.07) is 4.84. The van der Waals surface area contributed by atoms with Gasteiger partial charge in [0.2, 0.25) is 0 Å². The van der Waals surface area contributed by atoms with E-state index in [1.54, 1.807) is 18.2 Å². The molecule has 106 valence electrons. The zero-order chi connectivity index (χ0) is 14.5. The van der Waals surface area contributed by atoms with E-state index < -0.39 is 0 Å². The van der Waals surface area contributed by atoms with E-state index in [4.69, 9.17) is 22.4 Å². The summed E-state index contributed by atoms with van der Waals surface area (Å²) in [6.07, 6.45) is 1.57. The predicted molar refractivity (Wildman–Crippen MR) is 78.3 cm³/mol. The maximum Gasteiger partial charge on any atom is 0.252 e. The fourth-order valence-corrected chi connectivity index (χ4v) is 1.98. The van der Waals surface area contributed by atoms with Gasteiger partial charge in [0.05, 0.1) is 10.6 Å². The van der Waals surface area contributed by atoms with Crippen molar-refractivity contribution in [2.24, 2.45) is 5.41 Å². The van der Waals surface area contributed by atoms with Gasteiger partial charge in [0.1, 0.15) is 0 Å². The Balaban J connectivity index is 2.62. The molecule has 0 fully saturated rings. The Morgan fingerprint density at radius 1 is 1.47 bits per heavy atom. The predicted octanol–water partition coefficient (Wildman–Crippen LogP) is 2.45. The molecule has 1 amide bonds. The number of anilines is 1. The molecule has 0 bridgehead atoms. The van der Waals surface area contributed by atoms with Crippen LogP contribution in [0.5, 0.6) is 0 Å². The molecule has 0 heterocycles. The van der Waals surface area contributed by atoms with Crippen LogP contribution in [0.25, 0.3) is 0 Å². The molecule has 5 heteroatoms. The fraction of sp³-hybridized carbons (Fsp3) is 0.500. The number of amides is 1. The van der Waals surface area contributed by atoms with Gasteiger partial charge in [-0.1, -0.05) is 25.4 Å². The van der Waals surface area contributed by atoms with Crippen molar-refractivity contribution >= 4 is 23.2 Å². The van der Waals surface area contributed by atoms with Gasteiger partial charge in [0, 0.05) is 18.8 Å². The van der Waals surface area contributed by atoms with Gasteiger partial charge in [-0.15, -0.1) is 0 Å². The molecule has 1 aromatic carbocycles. The van der Waals surface area contributed by atoms with Crippen molar-refractivity contribution in [1.82, 2.24) is 5.32 Å². The minimum atomic E-state index is -0.227. The van der Waals surface area contributed by atoms with Crippen LogP contribution in [0.3, 0.4) is 0 Å². The standard InChI is InChI=1S/C14H21ClN2O2/c1-14(2,6-3-7-18)9-17-13(19)11-8-10(16)4-5-12(11)15/h4-5,8,18H,3,6-7,9,16H2,1-2H3,(H,17,19). The third-order valence-electron chi connectivity index (χ3n) is 2.97. The van der Waals surface area contributed by atoms with Crippen molar-refractivity contribution < 1.29 is 9.90 Å². The van der Waals surface area contributed by atoms with Gasteiger partial charge < -0.3 is 16.2 Å². The number of nitrogens with one attached hydrogen (secondary N) is 1. The number of rotatable bonds is 6. The number of nitrogen functional groups attached to an aromatic ring is 1. The highest BCUT2D eigenvalue weighted by Crippen LogP contribution is 2.22. The van der Waals surface area contributed by atoms with Crippen LogP contribution in [0.1, 0.15) is 37.0 Å². The van der Waals surface area contributed by atoms with Gasteiger partial charge in [-0.25, -0.2) is 0 Å². The molecule has 4 N–H and O–H groups in total. The lowest BCUT2D eigenvalue weighted by molar-refractivity contribution is 0.0933. The number of hydrogen-bond acceptors (Lipinski definition) is 3. The second-order valence-electron chi connectivity index (χ2n) is 5.41. The van der Waals surface area contributed by atoms with Crippen LogP contribution >= 0.6 is 11.6 Å². The molecule has 1 rings (SSSR count). The lowest BCUT2D eigenvalue weighted by atomic mass is 9.88. The molecule has 1 aromatic rings. The minimum Gasteiger partial charge on any atom is -0.399 e. The molecule has 4 nitrogen and oxygen atoms in total. The highest BCUT2D eigenvalue weighted by Gasteiger charge is 2.19. The van der Waals surface area contributed by atoms with E-state index in [9.17, 15) is 4.79 Å². The van der Waals surface area contributed by atoms with Crippen molar-refractivity contribution in [2.75, 3.05) is 18.9 Å². The monoisotopic (exact) mass is 284 g/mol. The number of carbonyl (C=O) groups excluding carboxylic acids is 1. The Kier molecular flexibility index (Phi) is 5.63. The molecule has 0 aromatic heterocycles. The molecule has 19 heavy (non-hydrogen) atoms. The van der Waals surface area contributed by atoms with E-state index >= 15 is 0 Å². The van der Waals surface area contributed by atoms with Crippen molar-refractivity contribution in [3.8, 4) is 0 Å². The summed E-state index contributed by atoms with van der Waals surface area (Å²) < 4.78 is 0. The van der Waals surface area contributed by atoms with E-state index in [1.807, 2.05) is 13.8 Å². The number of carbonyl (C=O) groups is 1. The molecule has 0 unspecified atom stereocenters. The third kappa shape index (κ3) is 5.09. The minimum absolute atomic E-state index is 0.0643.